The molecule has 0 saturated heterocycles. The van der Waals surface area contributed by atoms with Gasteiger partial charge in [0.1, 0.15) is 23.9 Å². The van der Waals surface area contributed by atoms with Crippen LogP contribution in [-0.4, -0.2) is 48.2 Å². The van der Waals surface area contributed by atoms with Crippen molar-refractivity contribution in [3.63, 3.8) is 0 Å². The first kappa shape index (κ1) is 27.2. The first-order valence-corrected chi connectivity index (χ1v) is 14.3. The van der Waals surface area contributed by atoms with Crippen molar-refractivity contribution in [2.75, 3.05) is 20.7 Å². The summed E-state index contributed by atoms with van der Waals surface area (Å²) < 4.78 is 11.5. The molecule has 1 atom stereocenters. The number of ketones is 1. The van der Waals surface area contributed by atoms with Gasteiger partial charge in [-0.1, -0.05) is 56.3 Å². The van der Waals surface area contributed by atoms with Gasteiger partial charge in [0.15, 0.2) is 0 Å². The van der Waals surface area contributed by atoms with Crippen LogP contribution in [0.4, 0.5) is 0 Å². The van der Waals surface area contributed by atoms with E-state index in [0.717, 1.165) is 53.3 Å². The number of amides is 1. The summed E-state index contributed by atoms with van der Waals surface area (Å²) in [5.41, 5.74) is 6.85. The Balaban J connectivity index is 1.06. The summed E-state index contributed by atoms with van der Waals surface area (Å²) >= 11 is 0. The van der Waals surface area contributed by atoms with Crippen molar-refractivity contribution in [1.29, 1.82) is 0 Å². The molecule has 1 unspecified atom stereocenters. The lowest BCUT2D eigenvalue weighted by molar-refractivity contribution is -0.135. The number of ether oxygens (including phenoxy) is 1. The third kappa shape index (κ3) is 5.50. The van der Waals surface area contributed by atoms with Crippen molar-refractivity contribution < 1.29 is 18.8 Å². The molecule has 212 valence electrons. The maximum atomic E-state index is 12.7. The van der Waals surface area contributed by atoms with Gasteiger partial charge >= 0.3 is 0 Å². The zero-order valence-corrected chi connectivity index (χ0v) is 24.5. The number of hydrogen-bond acceptors (Lipinski definition) is 6. The molecule has 1 amide bonds. The Kier molecular flexibility index (Phi) is 6.71. The molecular formula is C34H37N3O4. The number of rotatable bonds is 9. The highest BCUT2D eigenvalue weighted by molar-refractivity contribution is 6.06. The summed E-state index contributed by atoms with van der Waals surface area (Å²) in [6.45, 7) is 6.61. The maximum absolute atomic E-state index is 12.7. The highest BCUT2D eigenvalue weighted by Gasteiger charge is 2.51. The van der Waals surface area contributed by atoms with Gasteiger partial charge < -0.3 is 14.2 Å². The fraction of sp³-hybridized carbons (Fsp3) is 0.412. The van der Waals surface area contributed by atoms with Crippen LogP contribution in [0.15, 0.2) is 64.1 Å². The number of benzene rings is 2. The molecule has 0 radical (unpaired) electrons. The van der Waals surface area contributed by atoms with Gasteiger partial charge in [-0.3, -0.25) is 14.6 Å². The quantitative estimate of drug-likeness (QED) is 0.340. The van der Waals surface area contributed by atoms with Crippen LogP contribution in [0.25, 0.3) is 5.70 Å². The Bertz CT molecular complexity index is 1570. The second-order valence-electron chi connectivity index (χ2n) is 13.0. The van der Waals surface area contributed by atoms with Crippen molar-refractivity contribution in [3.05, 3.63) is 88.3 Å². The molecule has 1 aromatic heterocycles. The van der Waals surface area contributed by atoms with Gasteiger partial charge in [-0.05, 0) is 53.3 Å². The summed E-state index contributed by atoms with van der Waals surface area (Å²) in [7, 11) is 3.61. The van der Waals surface area contributed by atoms with Crippen LogP contribution >= 0.6 is 0 Å². The molecule has 7 heteroatoms. The molecule has 0 bridgehead atoms. The molecule has 7 nitrogen and oxygen atoms in total. The zero-order valence-electron chi connectivity index (χ0n) is 24.5. The van der Waals surface area contributed by atoms with Gasteiger partial charge in [0.05, 0.1) is 23.2 Å². The Morgan fingerprint density at radius 1 is 1.05 bits per heavy atom. The average molecular weight is 552 g/mol. The monoisotopic (exact) mass is 551 g/mol. The minimum absolute atomic E-state index is 0.109. The van der Waals surface area contributed by atoms with Crippen molar-refractivity contribution in [2.24, 2.45) is 10.4 Å². The van der Waals surface area contributed by atoms with E-state index in [2.05, 4.69) is 44.1 Å². The number of Topliss-reactive ketones (excluding diaryl/α,β-unsaturated/α-hetero) is 1. The number of allylic oxidation sites excluding steroid dienone is 1. The lowest BCUT2D eigenvalue weighted by atomic mass is 9.93. The van der Waals surface area contributed by atoms with E-state index in [0.29, 0.717) is 18.7 Å². The highest BCUT2D eigenvalue weighted by atomic mass is 16.5. The van der Waals surface area contributed by atoms with E-state index in [4.69, 9.17) is 14.3 Å². The van der Waals surface area contributed by atoms with Crippen LogP contribution in [0.1, 0.15) is 73.2 Å². The van der Waals surface area contributed by atoms with E-state index in [1.54, 1.807) is 19.0 Å². The van der Waals surface area contributed by atoms with Crippen LogP contribution < -0.4 is 4.74 Å². The molecule has 2 aromatic carbocycles. The van der Waals surface area contributed by atoms with E-state index in [9.17, 15) is 9.59 Å². The molecule has 3 aliphatic rings. The van der Waals surface area contributed by atoms with E-state index in [1.807, 2.05) is 36.4 Å². The first-order valence-electron chi connectivity index (χ1n) is 14.3. The van der Waals surface area contributed by atoms with Crippen LogP contribution in [0.3, 0.4) is 0 Å². The van der Waals surface area contributed by atoms with Gasteiger partial charge in [-0.15, -0.1) is 0 Å². The highest BCUT2D eigenvalue weighted by Crippen LogP contribution is 2.47. The summed E-state index contributed by atoms with van der Waals surface area (Å²) in [4.78, 5) is 31.8. The summed E-state index contributed by atoms with van der Waals surface area (Å²) in [5, 5.41) is 4.07. The maximum Gasteiger partial charge on any atom is 0.231 e. The lowest BCUT2D eigenvalue weighted by Crippen LogP contribution is -2.34. The Labute approximate surface area is 241 Å². The van der Waals surface area contributed by atoms with Crippen LogP contribution in [0.5, 0.6) is 5.75 Å². The van der Waals surface area contributed by atoms with E-state index in [1.165, 1.54) is 11.1 Å². The molecule has 1 fully saturated rings. The number of carbonyl (C=O) groups excluding carboxylic acids is 2. The van der Waals surface area contributed by atoms with Gasteiger partial charge in [-0.25, -0.2) is 0 Å². The number of nitrogens with zero attached hydrogens (tertiary/aromatic N) is 3. The van der Waals surface area contributed by atoms with Crippen LogP contribution in [0, 0.1) is 5.41 Å². The SMILES string of the molecule is CN(C)C(=O)C1(COc2ccc3c(c2)CC2=NC(c4ccc(CC(=O)Cc5cc(C(C)(C)C)on5)cc4)=CC23)CC1. The minimum Gasteiger partial charge on any atom is -0.492 e. The molecule has 2 aliphatic carbocycles. The molecule has 0 N–H and O–H groups in total. The molecular weight excluding hydrogens is 514 g/mol. The average Bonchev–Trinajstić information content (AvgIpc) is 3.20. The fourth-order valence-electron chi connectivity index (χ4n) is 5.72. The fourth-order valence-corrected chi connectivity index (χ4v) is 5.72. The van der Waals surface area contributed by atoms with E-state index >= 15 is 0 Å². The largest absolute Gasteiger partial charge is 0.492 e. The topological polar surface area (TPSA) is 85.0 Å². The first-order chi connectivity index (χ1) is 19.5. The molecule has 3 aromatic rings. The van der Waals surface area contributed by atoms with Crippen LogP contribution in [0.2, 0.25) is 0 Å². The second kappa shape index (κ2) is 10.1. The summed E-state index contributed by atoms with van der Waals surface area (Å²) in [6, 6.07) is 16.3. The lowest BCUT2D eigenvalue weighted by Gasteiger charge is -2.20. The van der Waals surface area contributed by atoms with Crippen molar-refractivity contribution in [1.82, 2.24) is 10.1 Å². The predicted molar refractivity (Wildman–Crippen MR) is 158 cm³/mol. The van der Waals surface area contributed by atoms with Crippen LogP contribution in [-0.2, 0) is 34.3 Å². The third-order valence-electron chi connectivity index (χ3n) is 8.32. The Morgan fingerprint density at radius 2 is 1.80 bits per heavy atom. The zero-order chi connectivity index (χ0) is 28.9. The van der Waals surface area contributed by atoms with Crippen molar-refractivity contribution >= 4 is 23.1 Å². The third-order valence-corrected chi connectivity index (χ3v) is 8.32. The van der Waals surface area contributed by atoms with E-state index in [-0.39, 0.29) is 34.9 Å². The normalized spacial score (nSPS) is 18.3. The summed E-state index contributed by atoms with van der Waals surface area (Å²) in [5.74, 6) is 2.05. The number of carbonyl (C=O) groups is 2. The number of aromatic nitrogens is 1. The molecule has 2 heterocycles. The minimum atomic E-state index is -0.350. The molecule has 1 aliphatic heterocycles. The second-order valence-corrected chi connectivity index (χ2v) is 13.0. The van der Waals surface area contributed by atoms with Gasteiger partial charge in [0, 0.05) is 50.0 Å². The number of aliphatic imine (C=N–C) groups is 1. The summed E-state index contributed by atoms with van der Waals surface area (Å²) in [6.07, 6.45) is 5.43. The molecule has 6 rings (SSSR count). The molecule has 41 heavy (non-hydrogen) atoms. The van der Waals surface area contributed by atoms with Gasteiger partial charge in [-0.2, -0.15) is 0 Å². The van der Waals surface area contributed by atoms with Crippen molar-refractivity contribution in [2.45, 2.75) is 64.2 Å². The van der Waals surface area contributed by atoms with Gasteiger partial charge in [0.25, 0.3) is 0 Å². The number of hydrogen-bond donors (Lipinski definition) is 0. The van der Waals surface area contributed by atoms with E-state index < -0.39 is 0 Å². The standard InChI is InChI=1S/C34H37N3O4/c1-33(2,3)31-18-24(36-41-31)17-25(38)14-21-6-8-22(9-7-21)29-19-28-27-11-10-26(15-23(27)16-30(28)35-29)40-20-34(12-13-34)32(39)37(4)5/h6-11,15,18-19,28H,12-14,16-17,20H2,1-5H3. The molecule has 0 spiro atoms. The van der Waals surface area contributed by atoms with Gasteiger partial charge in [0.2, 0.25) is 5.91 Å². The Morgan fingerprint density at radius 3 is 2.46 bits per heavy atom. The number of fused-ring (bicyclic) bond motifs is 3. The predicted octanol–water partition coefficient (Wildman–Crippen LogP) is 5.71. The smallest absolute Gasteiger partial charge is 0.231 e. The Hall–Kier alpha value is -4.00. The molecule has 1 saturated carbocycles. The van der Waals surface area contributed by atoms with Crippen molar-refractivity contribution in [3.8, 4) is 5.75 Å².